The van der Waals surface area contributed by atoms with E-state index in [-0.39, 0.29) is 5.91 Å². The van der Waals surface area contributed by atoms with E-state index in [1.165, 1.54) is 12.3 Å². The fourth-order valence-corrected chi connectivity index (χ4v) is 1.91. The van der Waals surface area contributed by atoms with Crippen molar-refractivity contribution in [1.82, 2.24) is 4.98 Å². The Morgan fingerprint density at radius 3 is 2.64 bits per heavy atom. The van der Waals surface area contributed by atoms with Gasteiger partial charge in [-0.2, -0.15) is 0 Å². The predicted octanol–water partition coefficient (Wildman–Crippen LogP) is 3.06. The lowest BCUT2D eigenvalue weighted by atomic mass is 10.1. The molecule has 0 saturated carbocycles. The number of hydrogen-bond acceptors (Lipinski definition) is 4. The summed E-state index contributed by atoms with van der Waals surface area (Å²) in [7, 11) is 3.14. The summed E-state index contributed by atoms with van der Waals surface area (Å²) < 4.78 is 10.2. The first-order valence-electron chi connectivity index (χ1n) is 6.76. The van der Waals surface area contributed by atoms with E-state index >= 15 is 0 Å². The molecule has 2 rings (SSSR count). The number of ether oxygens (including phenoxy) is 2. The topological polar surface area (TPSA) is 60.5 Å². The SMILES string of the molecule is COc1ccc(NC(=O)/C=C/c2cc(C)ccc2OC)cn1. The molecule has 0 aliphatic heterocycles. The lowest BCUT2D eigenvalue weighted by Crippen LogP contribution is -2.08. The summed E-state index contributed by atoms with van der Waals surface area (Å²) in [5, 5.41) is 2.73. The molecule has 0 aliphatic rings. The van der Waals surface area contributed by atoms with E-state index in [2.05, 4.69) is 10.3 Å². The van der Waals surface area contributed by atoms with E-state index in [0.29, 0.717) is 11.6 Å². The Morgan fingerprint density at radius 2 is 2.00 bits per heavy atom. The van der Waals surface area contributed by atoms with E-state index in [1.54, 1.807) is 32.4 Å². The highest BCUT2D eigenvalue weighted by atomic mass is 16.5. The lowest BCUT2D eigenvalue weighted by Gasteiger charge is -2.06. The first kappa shape index (κ1) is 15.6. The molecule has 2 aromatic rings. The van der Waals surface area contributed by atoms with Crippen LogP contribution in [0.15, 0.2) is 42.6 Å². The Bertz CT molecular complexity index is 679. The maximum atomic E-state index is 11.9. The second-order valence-electron chi connectivity index (χ2n) is 4.66. The number of anilines is 1. The molecule has 1 aromatic carbocycles. The molecule has 0 atom stereocenters. The van der Waals surface area contributed by atoms with Crippen molar-refractivity contribution in [3.8, 4) is 11.6 Å². The highest BCUT2D eigenvalue weighted by Crippen LogP contribution is 2.21. The van der Waals surface area contributed by atoms with Gasteiger partial charge in [-0.25, -0.2) is 4.98 Å². The maximum Gasteiger partial charge on any atom is 0.248 e. The highest BCUT2D eigenvalue weighted by molar-refractivity contribution is 6.02. The van der Waals surface area contributed by atoms with Crippen molar-refractivity contribution in [2.75, 3.05) is 19.5 Å². The molecule has 1 heterocycles. The lowest BCUT2D eigenvalue weighted by molar-refractivity contribution is -0.111. The minimum absolute atomic E-state index is 0.240. The average molecular weight is 298 g/mol. The number of pyridine rings is 1. The fourth-order valence-electron chi connectivity index (χ4n) is 1.91. The van der Waals surface area contributed by atoms with Gasteiger partial charge in [-0.05, 0) is 31.2 Å². The van der Waals surface area contributed by atoms with Crippen molar-refractivity contribution in [2.24, 2.45) is 0 Å². The number of carbonyl (C=O) groups is 1. The minimum Gasteiger partial charge on any atom is -0.496 e. The summed E-state index contributed by atoms with van der Waals surface area (Å²) in [5.41, 5.74) is 2.55. The number of carbonyl (C=O) groups excluding carboxylic acids is 1. The molecule has 1 amide bonds. The van der Waals surface area contributed by atoms with Gasteiger partial charge in [0.2, 0.25) is 11.8 Å². The van der Waals surface area contributed by atoms with Crippen LogP contribution in [0.25, 0.3) is 6.08 Å². The molecule has 5 heteroatoms. The largest absolute Gasteiger partial charge is 0.496 e. The molecule has 0 saturated heterocycles. The van der Waals surface area contributed by atoms with Crippen molar-refractivity contribution >= 4 is 17.7 Å². The summed E-state index contributed by atoms with van der Waals surface area (Å²) >= 11 is 0. The molecule has 1 aromatic heterocycles. The molecule has 114 valence electrons. The van der Waals surface area contributed by atoms with E-state index in [4.69, 9.17) is 9.47 Å². The number of benzene rings is 1. The van der Waals surface area contributed by atoms with Crippen LogP contribution in [-0.4, -0.2) is 25.1 Å². The van der Waals surface area contributed by atoms with E-state index in [1.807, 2.05) is 25.1 Å². The molecule has 22 heavy (non-hydrogen) atoms. The third-order valence-electron chi connectivity index (χ3n) is 3.01. The second kappa shape index (κ2) is 7.26. The van der Waals surface area contributed by atoms with Crippen LogP contribution in [0, 0.1) is 6.92 Å². The molecular weight excluding hydrogens is 280 g/mol. The smallest absolute Gasteiger partial charge is 0.248 e. The van der Waals surface area contributed by atoms with Crippen molar-refractivity contribution in [1.29, 1.82) is 0 Å². The van der Waals surface area contributed by atoms with Crippen LogP contribution in [-0.2, 0) is 4.79 Å². The van der Waals surface area contributed by atoms with Gasteiger partial charge in [0.05, 0.1) is 26.1 Å². The van der Waals surface area contributed by atoms with Crippen LogP contribution in [0.3, 0.4) is 0 Å². The van der Waals surface area contributed by atoms with Crippen molar-refractivity contribution < 1.29 is 14.3 Å². The summed E-state index contributed by atoms with van der Waals surface area (Å²) in [6, 6.07) is 9.20. The average Bonchev–Trinajstić information content (AvgIpc) is 2.54. The molecule has 0 fully saturated rings. The Hall–Kier alpha value is -2.82. The molecule has 0 unspecified atom stereocenters. The Labute approximate surface area is 129 Å². The first-order valence-corrected chi connectivity index (χ1v) is 6.76. The van der Waals surface area contributed by atoms with Gasteiger partial charge in [-0.15, -0.1) is 0 Å². The third kappa shape index (κ3) is 4.09. The summed E-state index contributed by atoms with van der Waals surface area (Å²) in [5.74, 6) is 0.981. The molecule has 0 spiro atoms. The summed E-state index contributed by atoms with van der Waals surface area (Å²) in [4.78, 5) is 16.0. The van der Waals surface area contributed by atoms with Gasteiger partial charge in [-0.3, -0.25) is 4.79 Å². The maximum absolute atomic E-state index is 11.9. The van der Waals surface area contributed by atoms with Gasteiger partial charge >= 0.3 is 0 Å². The summed E-state index contributed by atoms with van der Waals surface area (Å²) in [6.45, 7) is 1.99. The number of hydrogen-bond donors (Lipinski definition) is 1. The number of aryl methyl sites for hydroxylation is 1. The quantitative estimate of drug-likeness (QED) is 0.862. The van der Waals surface area contributed by atoms with Gasteiger partial charge in [0.15, 0.2) is 0 Å². The van der Waals surface area contributed by atoms with Crippen LogP contribution in [0.4, 0.5) is 5.69 Å². The van der Waals surface area contributed by atoms with Gasteiger partial charge in [0, 0.05) is 17.7 Å². The first-order chi connectivity index (χ1) is 10.6. The molecule has 0 bridgehead atoms. The number of aromatic nitrogens is 1. The molecule has 0 radical (unpaired) electrons. The zero-order valence-corrected chi connectivity index (χ0v) is 12.8. The standard InChI is InChI=1S/C17H18N2O3/c1-12-4-7-15(21-2)13(10-12)5-8-16(20)19-14-6-9-17(22-3)18-11-14/h4-11H,1-3H3,(H,19,20)/b8-5+. The van der Waals surface area contributed by atoms with Crippen molar-refractivity contribution in [2.45, 2.75) is 6.92 Å². The molecule has 1 N–H and O–H groups in total. The Balaban J connectivity index is 2.06. The van der Waals surface area contributed by atoms with E-state index in [0.717, 1.165) is 16.9 Å². The van der Waals surface area contributed by atoms with Gasteiger partial charge in [0.25, 0.3) is 0 Å². The predicted molar refractivity (Wildman–Crippen MR) is 86.2 cm³/mol. The van der Waals surface area contributed by atoms with Crippen LogP contribution in [0.2, 0.25) is 0 Å². The number of rotatable bonds is 5. The van der Waals surface area contributed by atoms with Gasteiger partial charge < -0.3 is 14.8 Å². The van der Waals surface area contributed by atoms with Crippen LogP contribution in [0.5, 0.6) is 11.6 Å². The van der Waals surface area contributed by atoms with Crippen molar-refractivity contribution in [3.63, 3.8) is 0 Å². The minimum atomic E-state index is -0.240. The Morgan fingerprint density at radius 1 is 1.18 bits per heavy atom. The van der Waals surface area contributed by atoms with Crippen LogP contribution in [0.1, 0.15) is 11.1 Å². The molecular formula is C17H18N2O3. The van der Waals surface area contributed by atoms with Crippen LogP contribution < -0.4 is 14.8 Å². The Kier molecular flexibility index (Phi) is 5.14. The van der Waals surface area contributed by atoms with E-state index < -0.39 is 0 Å². The number of amides is 1. The molecule has 0 aliphatic carbocycles. The highest BCUT2D eigenvalue weighted by Gasteiger charge is 2.02. The summed E-state index contributed by atoms with van der Waals surface area (Å²) in [6.07, 6.45) is 4.72. The molecule has 5 nitrogen and oxygen atoms in total. The van der Waals surface area contributed by atoms with Gasteiger partial charge in [-0.1, -0.05) is 11.6 Å². The fraction of sp³-hybridized carbons (Fsp3) is 0.176. The normalized spacial score (nSPS) is 10.5. The van der Waals surface area contributed by atoms with Crippen molar-refractivity contribution in [3.05, 3.63) is 53.7 Å². The van der Waals surface area contributed by atoms with Gasteiger partial charge in [0.1, 0.15) is 5.75 Å². The zero-order valence-electron chi connectivity index (χ0n) is 12.8. The van der Waals surface area contributed by atoms with Crippen LogP contribution >= 0.6 is 0 Å². The monoisotopic (exact) mass is 298 g/mol. The second-order valence-corrected chi connectivity index (χ2v) is 4.66. The third-order valence-corrected chi connectivity index (χ3v) is 3.01. The number of methoxy groups -OCH3 is 2. The number of nitrogens with zero attached hydrogens (tertiary/aromatic N) is 1. The zero-order chi connectivity index (χ0) is 15.9. The van der Waals surface area contributed by atoms with E-state index in [9.17, 15) is 4.79 Å². The number of nitrogens with one attached hydrogen (secondary N) is 1.